The molecule has 0 fully saturated rings. The maximum atomic E-state index is 5.15. The SMILES string of the molecule is CCCc1nc(-c2cc(OC)ncn2)nc2c1CCNC2. The molecule has 1 aliphatic rings. The molecule has 1 N–H and O–H groups in total. The molecule has 0 radical (unpaired) electrons. The van der Waals surface area contributed by atoms with Crippen molar-refractivity contribution >= 4 is 0 Å². The molecule has 6 heteroatoms. The number of nitrogens with zero attached hydrogens (tertiary/aromatic N) is 4. The van der Waals surface area contributed by atoms with Crippen molar-refractivity contribution in [2.24, 2.45) is 0 Å². The summed E-state index contributed by atoms with van der Waals surface area (Å²) in [6.45, 7) is 3.96. The van der Waals surface area contributed by atoms with Gasteiger partial charge in [-0.1, -0.05) is 13.3 Å². The molecule has 3 rings (SSSR count). The number of fused-ring (bicyclic) bond motifs is 1. The standard InChI is InChI=1S/C15H19N5O/c1-3-4-11-10-5-6-16-8-13(10)20-15(19-11)12-7-14(21-2)18-9-17-12/h7,9,16H,3-6,8H2,1-2H3. The van der Waals surface area contributed by atoms with E-state index >= 15 is 0 Å². The average Bonchev–Trinajstić information content (AvgIpc) is 2.55. The molecule has 0 spiro atoms. The molecule has 2 aromatic heterocycles. The Labute approximate surface area is 124 Å². The number of hydrogen-bond acceptors (Lipinski definition) is 6. The van der Waals surface area contributed by atoms with Crippen LogP contribution in [-0.4, -0.2) is 33.6 Å². The quantitative estimate of drug-likeness (QED) is 0.918. The van der Waals surface area contributed by atoms with Gasteiger partial charge in [-0.2, -0.15) is 0 Å². The molecule has 0 saturated carbocycles. The van der Waals surface area contributed by atoms with Crippen LogP contribution in [0.2, 0.25) is 0 Å². The highest BCUT2D eigenvalue weighted by Gasteiger charge is 2.18. The van der Waals surface area contributed by atoms with Crippen LogP contribution in [0.25, 0.3) is 11.5 Å². The van der Waals surface area contributed by atoms with Gasteiger partial charge in [0, 0.05) is 18.3 Å². The van der Waals surface area contributed by atoms with Crippen molar-refractivity contribution < 1.29 is 4.74 Å². The second kappa shape index (κ2) is 6.13. The van der Waals surface area contributed by atoms with Crippen LogP contribution >= 0.6 is 0 Å². The largest absolute Gasteiger partial charge is 0.481 e. The summed E-state index contributed by atoms with van der Waals surface area (Å²) in [4.78, 5) is 17.7. The first kappa shape index (κ1) is 13.9. The van der Waals surface area contributed by atoms with Gasteiger partial charge in [0.2, 0.25) is 5.88 Å². The van der Waals surface area contributed by atoms with E-state index in [0.717, 1.165) is 43.7 Å². The van der Waals surface area contributed by atoms with Crippen LogP contribution in [0, 0.1) is 0 Å². The second-order valence-corrected chi connectivity index (χ2v) is 5.04. The number of rotatable bonds is 4. The summed E-state index contributed by atoms with van der Waals surface area (Å²) in [7, 11) is 1.59. The van der Waals surface area contributed by atoms with E-state index in [1.54, 1.807) is 13.2 Å². The van der Waals surface area contributed by atoms with E-state index in [4.69, 9.17) is 9.72 Å². The van der Waals surface area contributed by atoms with E-state index in [1.165, 1.54) is 11.9 Å². The highest BCUT2D eigenvalue weighted by molar-refractivity contribution is 5.52. The fourth-order valence-corrected chi connectivity index (χ4v) is 2.57. The highest BCUT2D eigenvalue weighted by Crippen LogP contribution is 2.22. The van der Waals surface area contributed by atoms with E-state index in [2.05, 4.69) is 27.2 Å². The van der Waals surface area contributed by atoms with Gasteiger partial charge in [-0.15, -0.1) is 0 Å². The van der Waals surface area contributed by atoms with Gasteiger partial charge in [-0.25, -0.2) is 19.9 Å². The normalized spacial score (nSPS) is 13.8. The minimum absolute atomic E-state index is 0.525. The second-order valence-electron chi connectivity index (χ2n) is 5.04. The summed E-state index contributed by atoms with van der Waals surface area (Å²) >= 11 is 0. The molecule has 0 aromatic carbocycles. The zero-order valence-corrected chi connectivity index (χ0v) is 12.4. The van der Waals surface area contributed by atoms with E-state index in [-0.39, 0.29) is 0 Å². The molecule has 3 heterocycles. The van der Waals surface area contributed by atoms with E-state index in [0.29, 0.717) is 17.4 Å². The lowest BCUT2D eigenvalue weighted by Gasteiger charge is -2.19. The van der Waals surface area contributed by atoms with Crippen LogP contribution in [0.15, 0.2) is 12.4 Å². The van der Waals surface area contributed by atoms with Crippen molar-refractivity contribution in [3.05, 3.63) is 29.3 Å². The molecule has 21 heavy (non-hydrogen) atoms. The fraction of sp³-hybridized carbons (Fsp3) is 0.467. The Balaban J connectivity index is 2.07. The van der Waals surface area contributed by atoms with Crippen LogP contribution in [0.5, 0.6) is 5.88 Å². The van der Waals surface area contributed by atoms with Gasteiger partial charge in [0.05, 0.1) is 12.8 Å². The number of ether oxygens (including phenoxy) is 1. The summed E-state index contributed by atoms with van der Waals surface area (Å²) in [5.74, 6) is 1.18. The van der Waals surface area contributed by atoms with Gasteiger partial charge in [-0.05, 0) is 24.9 Å². The highest BCUT2D eigenvalue weighted by atomic mass is 16.5. The Hall–Kier alpha value is -2.08. The maximum Gasteiger partial charge on any atom is 0.216 e. The molecular weight excluding hydrogens is 266 g/mol. The van der Waals surface area contributed by atoms with Gasteiger partial charge < -0.3 is 10.1 Å². The minimum Gasteiger partial charge on any atom is -0.481 e. The summed E-state index contributed by atoms with van der Waals surface area (Å²) in [5, 5.41) is 3.36. The van der Waals surface area contributed by atoms with Gasteiger partial charge >= 0.3 is 0 Å². The Bertz CT molecular complexity index is 644. The van der Waals surface area contributed by atoms with Crippen LogP contribution in [-0.2, 0) is 19.4 Å². The first-order chi connectivity index (χ1) is 10.3. The van der Waals surface area contributed by atoms with Crippen molar-refractivity contribution in [2.45, 2.75) is 32.7 Å². The van der Waals surface area contributed by atoms with Crippen molar-refractivity contribution in [1.29, 1.82) is 0 Å². The zero-order chi connectivity index (χ0) is 14.7. The third-order valence-electron chi connectivity index (χ3n) is 3.59. The molecule has 6 nitrogen and oxygen atoms in total. The van der Waals surface area contributed by atoms with Crippen molar-refractivity contribution in [3.63, 3.8) is 0 Å². The van der Waals surface area contributed by atoms with Crippen LogP contribution in [0.4, 0.5) is 0 Å². The lowest BCUT2D eigenvalue weighted by atomic mass is 10.0. The molecule has 0 unspecified atom stereocenters. The molecule has 110 valence electrons. The van der Waals surface area contributed by atoms with Crippen LogP contribution in [0.1, 0.15) is 30.3 Å². The van der Waals surface area contributed by atoms with Gasteiger partial charge in [-0.3, -0.25) is 0 Å². The fourth-order valence-electron chi connectivity index (χ4n) is 2.57. The Morgan fingerprint density at radius 2 is 2.19 bits per heavy atom. The van der Waals surface area contributed by atoms with Crippen LogP contribution < -0.4 is 10.1 Å². The molecule has 0 amide bonds. The predicted octanol–water partition coefficient (Wildman–Crippen LogP) is 1.54. The number of aryl methyl sites for hydroxylation is 1. The number of methoxy groups -OCH3 is 1. The van der Waals surface area contributed by atoms with Crippen molar-refractivity contribution in [2.75, 3.05) is 13.7 Å². The minimum atomic E-state index is 0.525. The molecule has 0 atom stereocenters. The van der Waals surface area contributed by atoms with Crippen molar-refractivity contribution in [1.82, 2.24) is 25.3 Å². The average molecular weight is 285 g/mol. The summed E-state index contributed by atoms with van der Waals surface area (Å²) < 4.78 is 5.15. The van der Waals surface area contributed by atoms with E-state index in [1.807, 2.05) is 0 Å². The van der Waals surface area contributed by atoms with Crippen molar-refractivity contribution in [3.8, 4) is 17.4 Å². The Morgan fingerprint density at radius 3 is 3.00 bits per heavy atom. The summed E-state index contributed by atoms with van der Waals surface area (Å²) in [6.07, 6.45) is 4.52. The molecule has 0 bridgehead atoms. The monoisotopic (exact) mass is 285 g/mol. The number of nitrogens with one attached hydrogen (secondary N) is 1. The van der Waals surface area contributed by atoms with Gasteiger partial charge in [0.1, 0.15) is 12.0 Å². The Kier molecular flexibility index (Phi) is 4.06. The lowest BCUT2D eigenvalue weighted by molar-refractivity contribution is 0.397. The maximum absolute atomic E-state index is 5.15. The first-order valence-corrected chi connectivity index (χ1v) is 7.27. The van der Waals surface area contributed by atoms with Crippen LogP contribution in [0.3, 0.4) is 0 Å². The first-order valence-electron chi connectivity index (χ1n) is 7.27. The smallest absolute Gasteiger partial charge is 0.216 e. The topological polar surface area (TPSA) is 72.8 Å². The van der Waals surface area contributed by atoms with E-state index in [9.17, 15) is 0 Å². The summed E-state index contributed by atoms with van der Waals surface area (Å²) in [6, 6.07) is 1.77. The van der Waals surface area contributed by atoms with Gasteiger partial charge in [0.15, 0.2) is 5.82 Å². The molecule has 0 aliphatic carbocycles. The number of aromatic nitrogens is 4. The molecule has 0 saturated heterocycles. The Morgan fingerprint density at radius 1 is 1.29 bits per heavy atom. The van der Waals surface area contributed by atoms with E-state index < -0.39 is 0 Å². The van der Waals surface area contributed by atoms with Gasteiger partial charge in [0.25, 0.3) is 0 Å². The predicted molar refractivity (Wildman–Crippen MR) is 79.0 cm³/mol. The molecular formula is C15H19N5O. The summed E-state index contributed by atoms with van der Waals surface area (Å²) in [5.41, 5.74) is 4.25. The number of hydrogen-bond donors (Lipinski definition) is 1. The molecule has 1 aliphatic heterocycles. The zero-order valence-electron chi connectivity index (χ0n) is 12.4. The lowest BCUT2D eigenvalue weighted by Crippen LogP contribution is -2.26. The third-order valence-corrected chi connectivity index (χ3v) is 3.59. The molecule has 2 aromatic rings. The third kappa shape index (κ3) is 2.85.